The van der Waals surface area contributed by atoms with Gasteiger partial charge < -0.3 is 20.1 Å². The Balaban J connectivity index is 2.52. The van der Waals surface area contributed by atoms with Gasteiger partial charge in [-0.2, -0.15) is 0 Å². The first kappa shape index (κ1) is 19.2. The number of nitrogens with one attached hydrogen (secondary N) is 2. The average Bonchev–Trinajstić information content (AvgIpc) is 2.29. The van der Waals surface area contributed by atoms with Gasteiger partial charge in [-0.05, 0) is 40.0 Å². The van der Waals surface area contributed by atoms with Crippen LogP contribution in [0.1, 0.15) is 54.9 Å². The van der Waals surface area contributed by atoms with Crippen molar-refractivity contribution in [3.8, 4) is 0 Å². The van der Waals surface area contributed by atoms with E-state index < -0.39 is 5.60 Å². The van der Waals surface area contributed by atoms with Gasteiger partial charge in [-0.3, -0.25) is 0 Å². The molecule has 0 radical (unpaired) electrons. The lowest BCUT2D eigenvalue weighted by Crippen LogP contribution is -2.58. The van der Waals surface area contributed by atoms with Crippen molar-refractivity contribution in [3.05, 3.63) is 0 Å². The summed E-state index contributed by atoms with van der Waals surface area (Å²) in [4.78, 5) is 11.9. The van der Waals surface area contributed by atoms with Gasteiger partial charge in [-0.1, -0.05) is 20.8 Å². The van der Waals surface area contributed by atoms with E-state index in [2.05, 4.69) is 38.3 Å². The molecule has 1 fully saturated rings. The maximum atomic E-state index is 11.9. The molecule has 5 heteroatoms. The molecule has 1 atom stereocenters. The molecule has 1 unspecified atom stereocenters. The quantitative estimate of drug-likeness (QED) is 0.758. The maximum Gasteiger partial charge on any atom is 0.407 e. The van der Waals surface area contributed by atoms with Gasteiger partial charge in [0.1, 0.15) is 5.60 Å². The zero-order valence-corrected chi connectivity index (χ0v) is 15.3. The molecule has 0 bridgehead atoms. The van der Waals surface area contributed by atoms with Crippen LogP contribution >= 0.6 is 0 Å². The van der Waals surface area contributed by atoms with Gasteiger partial charge in [0.05, 0.1) is 13.2 Å². The Morgan fingerprint density at radius 1 is 1.27 bits per heavy atom. The van der Waals surface area contributed by atoms with Crippen molar-refractivity contribution in [2.24, 2.45) is 11.3 Å². The molecule has 0 aliphatic carbocycles. The predicted octanol–water partition coefficient (Wildman–Crippen LogP) is 2.94. The molecule has 0 spiro atoms. The van der Waals surface area contributed by atoms with Crippen molar-refractivity contribution in [1.29, 1.82) is 0 Å². The highest BCUT2D eigenvalue weighted by atomic mass is 16.6. The molecule has 0 aromatic heterocycles. The Kier molecular flexibility index (Phi) is 6.27. The molecule has 1 amide bonds. The number of rotatable bonds is 7. The standard InChI is InChI=1S/C17H34N2O3/c1-13(2)8-17(7,19-9-16(6)11-21-12-16)10-18-14(20)22-15(3,4)5/h13,19H,8-12H2,1-7H3,(H,18,20). The van der Waals surface area contributed by atoms with Crippen LogP contribution in [0, 0.1) is 11.3 Å². The maximum absolute atomic E-state index is 11.9. The van der Waals surface area contributed by atoms with E-state index in [4.69, 9.17) is 9.47 Å². The van der Waals surface area contributed by atoms with E-state index in [-0.39, 0.29) is 17.0 Å². The van der Waals surface area contributed by atoms with Crippen LogP contribution in [-0.2, 0) is 9.47 Å². The fraction of sp³-hybridized carbons (Fsp3) is 0.941. The second-order valence-corrected chi connectivity index (χ2v) is 8.67. The predicted molar refractivity (Wildman–Crippen MR) is 89.0 cm³/mol. The van der Waals surface area contributed by atoms with E-state index in [9.17, 15) is 4.79 Å². The van der Waals surface area contributed by atoms with Crippen LogP contribution in [0.25, 0.3) is 0 Å². The van der Waals surface area contributed by atoms with E-state index in [1.165, 1.54) is 0 Å². The smallest absolute Gasteiger partial charge is 0.407 e. The summed E-state index contributed by atoms with van der Waals surface area (Å²) < 4.78 is 10.6. The van der Waals surface area contributed by atoms with E-state index in [0.29, 0.717) is 12.5 Å². The van der Waals surface area contributed by atoms with Gasteiger partial charge in [0.2, 0.25) is 0 Å². The summed E-state index contributed by atoms with van der Waals surface area (Å²) in [6.07, 6.45) is 0.627. The van der Waals surface area contributed by atoms with Gasteiger partial charge in [-0.25, -0.2) is 4.79 Å². The molecule has 1 aliphatic rings. The van der Waals surface area contributed by atoms with E-state index >= 15 is 0 Å². The van der Waals surface area contributed by atoms with Gasteiger partial charge >= 0.3 is 6.09 Å². The van der Waals surface area contributed by atoms with Crippen LogP contribution in [0.3, 0.4) is 0 Å². The summed E-state index contributed by atoms with van der Waals surface area (Å²) in [6, 6.07) is 0. The van der Waals surface area contributed by atoms with Gasteiger partial charge in [0, 0.05) is 24.0 Å². The Bertz CT molecular complexity index is 373. The molecule has 5 nitrogen and oxygen atoms in total. The molecule has 1 saturated heterocycles. The first-order chi connectivity index (χ1) is 9.93. The zero-order chi connectivity index (χ0) is 17.0. The minimum Gasteiger partial charge on any atom is -0.444 e. The number of carbonyl (C=O) groups excluding carboxylic acids is 1. The van der Waals surface area contributed by atoms with Gasteiger partial charge in [-0.15, -0.1) is 0 Å². The van der Waals surface area contributed by atoms with E-state index in [1.54, 1.807) is 0 Å². The van der Waals surface area contributed by atoms with Crippen molar-refractivity contribution in [3.63, 3.8) is 0 Å². The second kappa shape index (κ2) is 7.18. The van der Waals surface area contributed by atoms with Crippen LogP contribution in [-0.4, -0.2) is 43.5 Å². The van der Waals surface area contributed by atoms with Crippen molar-refractivity contribution < 1.29 is 14.3 Å². The Labute approximate surface area is 135 Å². The zero-order valence-electron chi connectivity index (χ0n) is 15.3. The Morgan fingerprint density at radius 2 is 1.86 bits per heavy atom. The van der Waals surface area contributed by atoms with Gasteiger partial charge in [0.25, 0.3) is 0 Å². The molecular formula is C17H34N2O3. The first-order valence-electron chi connectivity index (χ1n) is 8.23. The Morgan fingerprint density at radius 3 is 2.27 bits per heavy atom. The molecule has 1 heterocycles. The van der Waals surface area contributed by atoms with Crippen molar-refractivity contribution in [2.45, 2.75) is 66.0 Å². The van der Waals surface area contributed by atoms with E-state index in [1.807, 2.05) is 20.8 Å². The summed E-state index contributed by atoms with van der Waals surface area (Å²) in [7, 11) is 0. The lowest BCUT2D eigenvalue weighted by Gasteiger charge is -2.42. The van der Waals surface area contributed by atoms with Crippen LogP contribution in [0.2, 0.25) is 0 Å². The summed E-state index contributed by atoms with van der Waals surface area (Å²) in [5.41, 5.74) is -0.406. The van der Waals surface area contributed by atoms with Crippen LogP contribution < -0.4 is 10.6 Å². The van der Waals surface area contributed by atoms with Crippen molar-refractivity contribution >= 4 is 6.09 Å². The second-order valence-electron chi connectivity index (χ2n) is 8.67. The fourth-order valence-electron chi connectivity index (χ4n) is 2.67. The molecule has 22 heavy (non-hydrogen) atoms. The largest absolute Gasteiger partial charge is 0.444 e. The molecule has 0 aromatic rings. The third kappa shape index (κ3) is 6.97. The third-order valence-electron chi connectivity index (χ3n) is 3.72. The third-order valence-corrected chi connectivity index (χ3v) is 3.72. The molecule has 1 rings (SSSR count). The normalized spacial score (nSPS) is 20.2. The lowest BCUT2D eigenvalue weighted by molar-refractivity contribution is -0.102. The van der Waals surface area contributed by atoms with Crippen LogP contribution in [0.4, 0.5) is 4.79 Å². The van der Waals surface area contributed by atoms with Gasteiger partial charge in [0.15, 0.2) is 0 Å². The van der Waals surface area contributed by atoms with Crippen molar-refractivity contribution in [2.75, 3.05) is 26.3 Å². The molecule has 1 aliphatic heterocycles. The number of hydrogen-bond acceptors (Lipinski definition) is 4. The molecule has 0 aromatic carbocycles. The summed E-state index contributed by atoms with van der Waals surface area (Å²) in [5, 5.41) is 6.54. The minimum atomic E-state index is -0.470. The molecule has 130 valence electrons. The summed E-state index contributed by atoms with van der Waals surface area (Å²) >= 11 is 0. The molecular weight excluding hydrogens is 280 g/mol. The summed E-state index contributed by atoms with van der Waals surface area (Å²) in [5.74, 6) is 0.545. The monoisotopic (exact) mass is 314 g/mol. The number of carbonyl (C=O) groups is 1. The number of hydrogen-bond donors (Lipinski definition) is 2. The Hall–Kier alpha value is -0.810. The summed E-state index contributed by atoms with van der Waals surface area (Å²) in [6.45, 7) is 17.4. The highest BCUT2D eigenvalue weighted by Gasteiger charge is 2.36. The highest BCUT2D eigenvalue weighted by molar-refractivity contribution is 5.67. The molecule has 0 saturated carbocycles. The number of amides is 1. The molecule has 2 N–H and O–H groups in total. The first-order valence-corrected chi connectivity index (χ1v) is 8.23. The average molecular weight is 314 g/mol. The van der Waals surface area contributed by atoms with Crippen molar-refractivity contribution in [1.82, 2.24) is 10.6 Å². The minimum absolute atomic E-state index is 0.149. The number of alkyl carbamates (subject to hydrolysis) is 1. The number of ether oxygens (including phenoxy) is 2. The lowest BCUT2D eigenvalue weighted by atomic mass is 9.85. The van der Waals surface area contributed by atoms with E-state index in [0.717, 1.165) is 26.2 Å². The SMILES string of the molecule is CC(C)CC(C)(CNC(=O)OC(C)(C)C)NCC1(C)COC1. The highest BCUT2D eigenvalue weighted by Crippen LogP contribution is 2.27. The van der Waals surface area contributed by atoms with Crippen LogP contribution in [0.15, 0.2) is 0 Å². The van der Waals surface area contributed by atoms with Crippen LogP contribution in [0.5, 0.6) is 0 Å². The fourth-order valence-corrected chi connectivity index (χ4v) is 2.67. The topological polar surface area (TPSA) is 59.6 Å².